The highest BCUT2D eigenvalue weighted by Crippen LogP contribution is 2.24. The van der Waals surface area contributed by atoms with E-state index in [1.165, 1.54) is 0 Å². The molecule has 3 rings (SSSR count). The third-order valence-electron chi connectivity index (χ3n) is 3.58. The van der Waals surface area contributed by atoms with E-state index >= 15 is 0 Å². The van der Waals surface area contributed by atoms with Crippen LogP contribution in [0.5, 0.6) is 5.75 Å². The fraction of sp³-hybridized carbons (Fsp3) is 0.158. The minimum Gasteiger partial charge on any atom is -0.484 e. The van der Waals surface area contributed by atoms with E-state index in [2.05, 4.69) is 15.5 Å². The molecule has 0 saturated heterocycles. The number of rotatable bonds is 7. The van der Waals surface area contributed by atoms with Crippen LogP contribution in [0.25, 0.3) is 0 Å². The summed E-state index contributed by atoms with van der Waals surface area (Å²) in [6.07, 6.45) is 0. The van der Waals surface area contributed by atoms with Gasteiger partial charge in [0.25, 0.3) is 11.1 Å². The van der Waals surface area contributed by atoms with Gasteiger partial charge in [-0.3, -0.25) is 4.79 Å². The minimum absolute atomic E-state index is 0.102. The van der Waals surface area contributed by atoms with Gasteiger partial charge in [-0.15, -0.1) is 10.2 Å². The third-order valence-corrected chi connectivity index (χ3v) is 4.76. The van der Waals surface area contributed by atoms with E-state index in [1.54, 1.807) is 55.5 Å². The van der Waals surface area contributed by atoms with E-state index in [-0.39, 0.29) is 17.7 Å². The van der Waals surface area contributed by atoms with Crippen LogP contribution in [0.15, 0.2) is 58.2 Å². The lowest BCUT2D eigenvalue weighted by molar-refractivity contribution is -0.115. The van der Waals surface area contributed by atoms with Gasteiger partial charge < -0.3 is 14.5 Å². The van der Waals surface area contributed by atoms with Crippen molar-refractivity contribution in [1.29, 1.82) is 5.26 Å². The van der Waals surface area contributed by atoms with Crippen molar-refractivity contribution in [3.05, 3.63) is 65.0 Å². The number of aromatic nitrogens is 2. The van der Waals surface area contributed by atoms with E-state index < -0.39 is 5.25 Å². The predicted molar refractivity (Wildman–Crippen MR) is 105 cm³/mol. The number of para-hydroxylation sites is 1. The molecule has 0 spiro atoms. The van der Waals surface area contributed by atoms with Gasteiger partial charge in [-0.2, -0.15) is 5.26 Å². The molecule has 0 saturated carbocycles. The van der Waals surface area contributed by atoms with E-state index in [0.717, 1.165) is 11.8 Å². The molecular formula is C19H15ClN4O3S. The van der Waals surface area contributed by atoms with Gasteiger partial charge in [-0.25, -0.2) is 0 Å². The highest BCUT2D eigenvalue weighted by atomic mass is 35.5. The van der Waals surface area contributed by atoms with Crippen LogP contribution in [0.1, 0.15) is 18.4 Å². The summed E-state index contributed by atoms with van der Waals surface area (Å²) in [5.41, 5.74) is 0.859. The SMILES string of the molecule is CC(Sc1nnc(COc2ccc(Cl)cc2)o1)C(=O)Nc1ccccc1C#N. The Morgan fingerprint density at radius 2 is 2.04 bits per heavy atom. The molecule has 0 aliphatic rings. The van der Waals surface area contributed by atoms with E-state index in [1.807, 2.05) is 6.07 Å². The first-order valence-corrected chi connectivity index (χ1v) is 9.48. The molecule has 0 fully saturated rings. The first-order valence-electron chi connectivity index (χ1n) is 8.22. The van der Waals surface area contributed by atoms with Crippen molar-refractivity contribution in [3.8, 4) is 11.8 Å². The second-order valence-electron chi connectivity index (χ2n) is 5.61. The lowest BCUT2D eigenvalue weighted by atomic mass is 10.2. The van der Waals surface area contributed by atoms with Gasteiger partial charge in [-0.05, 0) is 43.3 Å². The number of benzene rings is 2. The number of hydrogen-bond donors (Lipinski definition) is 1. The van der Waals surface area contributed by atoms with Crippen LogP contribution in [0.3, 0.4) is 0 Å². The van der Waals surface area contributed by atoms with Crippen molar-refractivity contribution in [2.75, 3.05) is 5.32 Å². The fourth-order valence-corrected chi connectivity index (χ4v) is 2.98. The zero-order chi connectivity index (χ0) is 19.9. The number of nitrogens with zero attached hydrogens (tertiary/aromatic N) is 3. The Morgan fingerprint density at radius 1 is 1.29 bits per heavy atom. The van der Waals surface area contributed by atoms with Gasteiger partial charge >= 0.3 is 0 Å². The monoisotopic (exact) mass is 414 g/mol. The smallest absolute Gasteiger partial charge is 0.277 e. The Balaban J connectivity index is 1.54. The molecule has 1 amide bonds. The largest absolute Gasteiger partial charge is 0.484 e. The average molecular weight is 415 g/mol. The molecule has 142 valence electrons. The van der Waals surface area contributed by atoms with Crippen molar-refractivity contribution >= 4 is 35.0 Å². The lowest BCUT2D eigenvalue weighted by Gasteiger charge is -2.10. The number of anilines is 1. The predicted octanol–water partition coefficient (Wildman–Crippen LogP) is 4.29. The summed E-state index contributed by atoms with van der Waals surface area (Å²) in [5.74, 6) is 0.644. The molecule has 1 heterocycles. The summed E-state index contributed by atoms with van der Waals surface area (Å²) in [7, 11) is 0. The van der Waals surface area contributed by atoms with Crippen molar-refractivity contribution in [2.45, 2.75) is 24.0 Å². The normalized spacial score (nSPS) is 11.5. The number of amides is 1. The molecule has 1 unspecified atom stereocenters. The van der Waals surface area contributed by atoms with Gasteiger partial charge in [0.15, 0.2) is 6.61 Å². The highest BCUT2D eigenvalue weighted by Gasteiger charge is 2.19. The van der Waals surface area contributed by atoms with E-state index in [9.17, 15) is 4.79 Å². The molecule has 9 heteroatoms. The topological polar surface area (TPSA) is 101 Å². The van der Waals surface area contributed by atoms with Crippen LogP contribution in [0.4, 0.5) is 5.69 Å². The maximum absolute atomic E-state index is 12.4. The third kappa shape index (κ3) is 5.25. The number of halogens is 1. The Bertz CT molecular complexity index is 1000. The number of hydrogen-bond acceptors (Lipinski definition) is 7. The van der Waals surface area contributed by atoms with Gasteiger partial charge in [0.1, 0.15) is 11.8 Å². The first kappa shape index (κ1) is 19.7. The standard InChI is InChI=1S/C19H15ClN4O3S/c1-12(18(25)22-16-5-3-2-4-13(16)10-21)28-19-24-23-17(27-19)11-26-15-8-6-14(20)7-9-15/h2-9,12H,11H2,1H3,(H,22,25). The molecule has 28 heavy (non-hydrogen) atoms. The highest BCUT2D eigenvalue weighted by molar-refractivity contribution is 8.00. The zero-order valence-corrected chi connectivity index (χ0v) is 16.3. The second kappa shape index (κ2) is 9.26. The summed E-state index contributed by atoms with van der Waals surface area (Å²) in [4.78, 5) is 12.4. The summed E-state index contributed by atoms with van der Waals surface area (Å²) in [6.45, 7) is 1.81. The Hall–Kier alpha value is -3.02. The van der Waals surface area contributed by atoms with E-state index in [0.29, 0.717) is 27.9 Å². The molecule has 0 bridgehead atoms. The molecule has 0 aliphatic carbocycles. The number of carbonyl (C=O) groups excluding carboxylic acids is 1. The van der Waals surface area contributed by atoms with Crippen LogP contribution >= 0.6 is 23.4 Å². The van der Waals surface area contributed by atoms with E-state index in [4.69, 9.17) is 26.0 Å². The van der Waals surface area contributed by atoms with Crippen molar-refractivity contribution in [3.63, 3.8) is 0 Å². The maximum Gasteiger partial charge on any atom is 0.277 e. The molecule has 1 N–H and O–H groups in total. The Kier molecular flexibility index (Phi) is 6.53. The molecule has 0 radical (unpaired) electrons. The van der Waals surface area contributed by atoms with Gasteiger partial charge in [0, 0.05) is 5.02 Å². The maximum atomic E-state index is 12.4. The number of carbonyl (C=O) groups is 1. The average Bonchev–Trinajstić information content (AvgIpc) is 3.15. The molecule has 1 aromatic heterocycles. The minimum atomic E-state index is -0.503. The molecule has 2 aromatic carbocycles. The van der Waals surface area contributed by atoms with Crippen molar-refractivity contribution in [1.82, 2.24) is 10.2 Å². The van der Waals surface area contributed by atoms with Gasteiger partial charge in [0.05, 0.1) is 16.5 Å². The summed E-state index contributed by atoms with van der Waals surface area (Å²) >= 11 is 6.95. The summed E-state index contributed by atoms with van der Waals surface area (Å²) < 4.78 is 11.0. The van der Waals surface area contributed by atoms with Crippen LogP contribution < -0.4 is 10.1 Å². The van der Waals surface area contributed by atoms with Crippen LogP contribution in [-0.2, 0) is 11.4 Å². The first-order chi connectivity index (χ1) is 13.5. The second-order valence-corrected chi connectivity index (χ2v) is 7.34. The molecule has 1 atom stereocenters. The molecule has 3 aromatic rings. The van der Waals surface area contributed by atoms with Crippen LogP contribution in [0, 0.1) is 11.3 Å². The molecule has 0 aliphatic heterocycles. The molecule has 7 nitrogen and oxygen atoms in total. The zero-order valence-electron chi connectivity index (χ0n) is 14.8. The Morgan fingerprint density at radius 3 is 2.79 bits per heavy atom. The van der Waals surface area contributed by atoms with Crippen LogP contribution in [0.2, 0.25) is 5.02 Å². The number of nitriles is 1. The van der Waals surface area contributed by atoms with Crippen molar-refractivity contribution in [2.24, 2.45) is 0 Å². The Labute approximate surface area is 170 Å². The van der Waals surface area contributed by atoms with Crippen molar-refractivity contribution < 1.29 is 13.9 Å². The van der Waals surface area contributed by atoms with Gasteiger partial charge in [-0.1, -0.05) is 35.5 Å². The summed E-state index contributed by atoms with van der Waals surface area (Å²) in [6, 6.07) is 15.7. The van der Waals surface area contributed by atoms with Crippen LogP contribution in [-0.4, -0.2) is 21.4 Å². The quantitative estimate of drug-likeness (QED) is 0.575. The number of thioether (sulfide) groups is 1. The number of nitrogens with one attached hydrogen (secondary N) is 1. The number of ether oxygens (including phenoxy) is 1. The summed E-state index contributed by atoms with van der Waals surface area (Å²) in [5, 5.41) is 20.0. The fourth-order valence-electron chi connectivity index (χ4n) is 2.15. The molecular weight excluding hydrogens is 400 g/mol. The lowest BCUT2D eigenvalue weighted by Crippen LogP contribution is -2.22. The van der Waals surface area contributed by atoms with Gasteiger partial charge in [0.2, 0.25) is 5.91 Å².